The molecular formula is C22H31FN2O4S. The molecule has 3 rings (SSSR count). The van der Waals surface area contributed by atoms with Gasteiger partial charge in [-0.1, -0.05) is 12.8 Å². The quantitative estimate of drug-likeness (QED) is 0.674. The third kappa shape index (κ3) is 5.82. The summed E-state index contributed by atoms with van der Waals surface area (Å²) in [6.45, 7) is 1.33. The van der Waals surface area contributed by atoms with E-state index in [1.165, 1.54) is 12.1 Å². The molecule has 30 heavy (non-hydrogen) atoms. The lowest BCUT2D eigenvalue weighted by molar-refractivity contribution is -0.137. The molecule has 8 heteroatoms. The van der Waals surface area contributed by atoms with Crippen molar-refractivity contribution in [1.82, 2.24) is 4.90 Å². The number of hydrogen-bond acceptors (Lipinski definition) is 5. The van der Waals surface area contributed by atoms with E-state index in [4.69, 9.17) is 10.5 Å². The molecular weight excluding hydrogens is 407 g/mol. The van der Waals surface area contributed by atoms with Crippen molar-refractivity contribution in [2.24, 2.45) is 17.6 Å². The van der Waals surface area contributed by atoms with Crippen molar-refractivity contribution >= 4 is 15.7 Å². The number of sulfone groups is 1. The van der Waals surface area contributed by atoms with Crippen molar-refractivity contribution in [3.8, 4) is 5.75 Å². The second kappa shape index (κ2) is 10.4. The summed E-state index contributed by atoms with van der Waals surface area (Å²) in [5, 5.41) is 0. The van der Waals surface area contributed by atoms with E-state index in [0.29, 0.717) is 24.2 Å². The first kappa shape index (κ1) is 22.7. The molecule has 1 aliphatic heterocycles. The van der Waals surface area contributed by atoms with Gasteiger partial charge in [0.25, 0.3) is 0 Å². The predicted octanol–water partition coefficient (Wildman–Crippen LogP) is 3.08. The number of nitrogens with two attached hydrogens (primary N) is 1. The van der Waals surface area contributed by atoms with Crippen LogP contribution < -0.4 is 10.5 Å². The molecule has 166 valence electrons. The van der Waals surface area contributed by atoms with Crippen LogP contribution in [-0.4, -0.2) is 51.2 Å². The van der Waals surface area contributed by atoms with Gasteiger partial charge >= 0.3 is 0 Å². The summed E-state index contributed by atoms with van der Waals surface area (Å²) in [5.74, 6) is 0.763. The highest BCUT2D eigenvalue weighted by atomic mass is 32.2. The first-order chi connectivity index (χ1) is 14.4. The molecule has 1 unspecified atom stereocenters. The number of amides is 1. The average molecular weight is 439 g/mol. The summed E-state index contributed by atoms with van der Waals surface area (Å²) in [5.41, 5.74) is 5.71. The monoisotopic (exact) mass is 438 g/mol. The fourth-order valence-electron chi connectivity index (χ4n) is 4.29. The molecule has 1 saturated carbocycles. The Morgan fingerprint density at radius 2 is 1.87 bits per heavy atom. The van der Waals surface area contributed by atoms with Crippen LogP contribution in [0, 0.1) is 11.8 Å². The van der Waals surface area contributed by atoms with Gasteiger partial charge in [0.1, 0.15) is 12.4 Å². The number of benzene rings is 1. The van der Waals surface area contributed by atoms with E-state index in [9.17, 15) is 17.6 Å². The van der Waals surface area contributed by atoms with E-state index in [0.717, 1.165) is 45.1 Å². The van der Waals surface area contributed by atoms with E-state index in [1.807, 2.05) is 4.90 Å². The average Bonchev–Trinajstić information content (AvgIpc) is 3.29. The number of carbonyl (C=O) groups excluding carboxylic acids is 1. The second-order valence-corrected chi connectivity index (χ2v) is 10.3. The fraction of sp³-hybridized carbons (Fsp3) is 0.591. The minimum atomic E-state index is -3.47. The Hall–Kier alpha value is -1.93. The van der Waals surface area contributed by atoms with Crippen LogP contribution in [0.4, 0.5) is 4.39 Å². The highest BCUT2D eigenvalue weighted by Crippen LogP contribution is 2.29. The number of hydrogen-bond donors (Lipinski definition) is 1. The van der Waals surface area contributed by atoms with Gasteiger partial charge in [0, 0.05) is 31.1 Å². The Morgan fingerprint density at radius 3 is 2.50 bits per heavy atom. The molecule has 2 N–H and O–H groups in total. The topological polar surface area (TPSA) is 89.7 Å². The number of halogens is 1. The Bertz CT molecular complexity index is 848. The van der Waals surface area contributed by atoms with Crippen LogP contribution in [0.3, 0.4) is 0 Å². The lowest BCUT2D eigenvalue weighted by Gasteiger charge is -2.34. The van der Waals surface area contributed by atoms with Gasteiger partial charge in [-0.15, -0.1) is 0 Å². The second-order valence-electron chi connectivity index (χ2n) is 8.29. The van der Waals surface area contributed by atoms with Crippen molar-refractivity contribution in [2.45, 2.75) is 43.4 Å². The Morgan fingerprint density at radius 1 is 1.17 bits per heavy atom. The largest absolute Gasteiger partial charge is 0.489 e. The van der Waals surface area contributed by atoms with Gasteiger partial charge in [0.15, 0.2) is 9.84 Å². The predicted molar refractivity (Wildman–Crippen MR) is 113 cm³/mol. The standard InChI is InChI=1S/C22H31FN2O4S/c23-12-18(13-24)15-29-20-7-9-21(10-8-20)30(27,28)16-17-4-3-11-25(14-17)22(26)19-5-1-2-6-19/h7-10,12,17,19H,1-6,11,13-16,24H2/b18-12+. The molecule has 2 fully saturated rings. The highest BCUT2D eigenvalue weighted by molar-refractivity contribution is 7.91. The van der Waals surface area contributed by atoms with Gasteiger partial charge in [-0.2, -0.15) is 0 Å². The summed E-state index contributed by atoms with van der Waals surface area (Å²) in [4.78, 5) is 14.8. The molecule has 1 aliphatic carbocycles. The lowest BCUT2D eigenvalue weighted by Crippen LogP contribution is -2.44. The zero-order chi connectivity index (χ0) is 21.6. The molecule has 1 heterocycles. The minimum absolute atomic E-state index is 0.0199. The molecule has 0 aromatic heterocycles. The highest BCUT2D eigenvalue weighted by Gasteiger charge is 2.32. The SMILES string of the molecule is NC/C(=C\F)COc1ccc(S(=O)(=O)CC2CCCN(C(=O)C3CCCC3)C2)cc1. The van der Waals surface area contributed by atoms with Crippen LogP contribution in [0.2, 0.25) is 0 Å². The third-order valence-corrected chi connectivity index (χ3v) is 7.91. The summed E-state index contributed by atoms with van der Waals surface area (Å²) < 4.78 is 43.7. The Labute approximate surface area is 178 Å². The lowest BCUT2D eigenvalue weighted by atomic mass is 9.97. The van der Waals surface area contributed by atoms with E-state index >= 15 is 0 Å². The van der Waals surface area contributed by atoms with Crippen molar-refractivity contribution in [2.75, 3.05) is 32.0 Å². The molecule has 0 bridgehead atoms. The van der Waals surface area contributed by atoms with Crippen LogP contribution in [0.5, 0.6) is 5.75 Å². The third-order valence-electron chi connectivity index (χ3n) is 6.01. The van der Waals surface area contributed by atoms with Crippen LogP contribution in [0.1, 0.15) is 38.5 Å². The summed E-state index contributed by atoms with van der Waals surface area (Å²) in [6, 6.07) is 6.15. The molecule has 0 radical (unpaired) electrons. The number of likely N-dealkylation sites (tertiary alicyclic amines) is 1. The number of nitrogens with zero attached hydrogens (tertiary/aromatic N) is 1. The number of piperidine rings is 1. The molecule has 2 aliphatic rings. The summed E-state index contributed by atoms with van der Waals surface area (Å²) in [6.07, 6.45) is 6.22. The van der Waals surface area contributed by atoms with Gasteiger partial charge < -0.3 is 15.4 Å². The van der Waals surface area contributed by atoms with Crippen molar-refractivity contribution in [1.29, 1.82) is 0 Å². The van der Waals surface area contributed by atoms with E-state index < -0.39 is 9.84 Å². The Kier molecular flexibility index (Phi) is 7.88. The van der Waals surface area contributed by atoms with E-state index in [1.54, 1.807) is 12.1 Å². The number of ether oxygens (including phenoxy) is 1. The van der Waals surface area contributed by atoms with E-state index in [2.05, 4.69) is 0 Å². The summed E-state index contributed by atoms with van der Waals surface area (Å²) in [7, 11) is -3.47. The first-order valence-corrected chi connectivity index (χ1v) is 12.3. The molecule has 6 nitrogen and oxygen atoms in total. The van der Waals surface area contributed by atoms with E-state index in [-0.39, 0.29) is 41.5 Å². The fourth-order valence-corrected chi connectivity index (χ4v) is 5.93. The maximum Gasteiger partial charge on any atom is 0.225 e. The first-order valence-electron chi connectivity index (χ1n) is 10.7. The smallest absolute Gasteiger partial charge is 0.225 e. The van der Waals surface area contributed by atoms with Gasteiger partial charge in [-0.3, -0.25) is 4.79 Å². The maximum atomic E-state index is 12.9. The van der Waals surface area contributed by atoms with Crippen molar-refractivity contribution < 1.29 is 22.3 Å². The molecule has 1 aromatic carbocycles. The van der Waals surface area contributed by atoms with Crippen molar-refractivity contribution in [3.05, 3.63) is 36.2 Å². The molecule has 1 atom stereocenters. The molecule has 1 amide bonds. The summed E-state index contributed by atoms with van der Waals surface area (Å²) >= 11 is 0. The minimum Gasteiger partial charge on any atom is -0.489 e. The Balaban J connectivity index is 1.58. The molecule has 1 saturated heterocycles. The normalized spacial score (nSPS) is 21.1. The molecule has 0 spiro atoms. The van der Waals surface area contributed by atoms with Gasteiger partial charge in [0.05, 0.1) is 17.0 Å². The van der Waals surface area contributed by atoms with Crippen LogP contribution >= 0.6 is 0 Å². The van der Waals surface area contributed by atoms with Crippen LogP contribution in [0.15, 0.2) is 41.1 Å². The zero-order valence-corrected chi connectivity index (χ0v) is 18.1. The molecule has 1 aromatic rings. The zero-order valence-electron chi connectivity index (χ0n) is 17.3. The van der Waals surface area contributed by atoms with Crippen molar-refractivity contribution in [3.63, 3.8) is 0 Å². The van der Waals surface area contributed by atoms with Gasteiger partial charge in [0.2, 0.25) is 5.91 Å². The number of rotatable bonds is 8. The van der Waals surface area contributed by atoms with Gasteiger partial charge in [-0.05, 0) is 55.9 Å². The van der Waals surface area contributed by atoms with Gasteiger partial charge in [-0.25, -0.2) is 12.8 Å². The number of carbonyl (C=O) groups is 1. The van der Waals surface area contributed by atoms with Crippen LogP contribution in [-0.2, 0) is 14.6 Å². The maximum absolute atomic E-state index is 12.9. The van der Waals surface area contributed by atoms with Crippen LogP contribution in [0.25, 0.3) is 0 Å².